The van der Waals surface area contributed by atoms with Crippen LogP contribution in [0.15, 0.2) is 18.2 Å². The molecule has 0 spiro atoms. The Morgan fingerprint density at radius 3 is 2.43 bits per heavy atom. The van der Waals surface area contributed by atoms with Crippen LogP contribution < -0.4 is 10.6 Å². The van der Waals surface area contributed by atoms with E-state index in [2.05, 4.69) is 4.74 Å². The highest BCUT2D eigenvalue weighted by Crippen LogP contribution is 2.23. The SMILES string of the molecule is COC(=O)c1ccc(O)c(CC2C(=O)NC(=O)NC2=O)c1. The molecule has 1 aliphatic rings. The van der Waals surface area contributed by atoms with Crippen molar-refractivity contribution in [2.45, 2.75) is 6.42 Å². The first-order valence-corrected chi connectivity index (χ1v) is 5.98. The van der Waals surface area contributed by atoms with Gasteiger partial charge in [-0.05, 0) is 30.2 Å². The topological polar surface area (TPSA) is 122 Å². The highest BCUT2D eigenvalue weighted by Gasteiger charge is 2.34. The Morgan fingerprint density at radius 2 is 1.86 bits per heavy atom. The quantitative estimate of drug-likeness (QED) is 0.519. The van der Waals surface area contributed by atoms with E-state index < -0.39 is 29.7 Å². The van der Waals surface area contributed by atoms with Crippen LogP contribution in [-0.2, 0) is 20.7 Å². The number of carbonyl (C=O) groups excluding carboxylic acids is 4. The van der Waals surface area contributed by atoms with Crippen molar-refractivity contribution in [1.29, 1.82) is 0 Å². The van der Waals surface area contributed by atoms with Gasteiger partial charge in [-0.1, -0.05) is 0 Å². The van der Waals surface area contributed by atoms with Gasteiger partial charge in [0.15, 0.2) is 0 Å². The maximum Gasteiger partial charge on any atom is 0.337 e. The van der Waals surface area contributed by atoms with Crippen LogP contribution in [0.5, 0.6) is 5.75 Å². The number of hydrogen-bond acceptors (Lipinski definition) is 6. The Hall–Kier alpha value is -2.90. The third-order valence-electron chi connectivity index (χ3n) is 3.03. The van der Waals surface area contributed by atoms with Crippen molar-refractivity contribution in [3.63, 3.8) is 0 Å². The molecule has 1 aliphatic heterocycles. The van der Waals surface area contributed by atoms with Crippen LogP contribution in [0, 0.1) is 5.92 Å². The van der Waals surface area contributed by atoms with Crippen molar-refractivity contribution in [2.24, 2.45) is 5.92 Å². The number of phenolic OH excluding ortho intramolecular Hbond substituents is 1. The maximum atomic E-state index is 11.6. The fraction of sp³-hybridized carbons (Fsp3) is 0.231. The predicted molar refractivity (Wildman–Crippen MR) is 68.3 cm³/mol. The number of rotatable bonds is 3. The molecule has 0 aromatic heterocycles. The molecule has 2 rings (SSSR count). The molecule has 0 bridgehead atoms. The van der Waals surface area contributed by atoms with Gasteiger partial charge in [0.25, 0.3) is 0 Å². The molecule has 8 heteroatoms. The number of benzene rings is 1. The minimum Gasteiger partial charge on any atom is -0.508 e. The van der Waals surface area contributed by atoms with Crippen LogP contribution in [0.2, 0.25) is 0 Å². The lowest BCUT2D eigenvalue weighted by atomic mass is 9.94. The monoisotopic (exact) mass is 292 g/mol. The first kappa shape index (κ1) is 14.5. The molecular formula is C13H12N2O6. The fourth-order valence-corrected chi connectivity index (χ4v) is 1.95. The van der Waals surface area contributed by atoms with E-state index in [4.69, 9.17) is 0 Å². The molecule has 0 unspecified atom stereocenters. The number of carbonyl (C=O) groups is 4. The summed E-state index contributed by atoms with van der Waals surface area (Å²) in [6, 6.07) is 3.08. The molecule has 4 amide bonds. The lowest BCUT2D eigenvalue weighted by molar-refractivity contribution is -0.135. The summed E-state index contributed by atoms with van der Waals surface area (Å²) >= 11 is 0. The summed E-state index contributed by atoms with van der Waals surface area (Å²) in [4.78, 5) is 45.7. The van der Waals surface area contributed by atoms with Gasteiger partial charge in [-0.3, -0.25) is 20.2 Å². The first-order valence-electron chi connectivity index (χ1n) is 5.98. The van der Waals surface area contributed by atoms with Crippen LogP contribution >= 0.6 is 0 Å². The third-order valence-corrected chi connectivity index (χ3v) is 3.03. The summed E-state index contributed by atoms with van der Waals surface area (Å²) < 4.78 is 4.55. The fourth-order valence-electron chi connectivity index (χ4n) is 1.95. The third kappa shape index (κ3) is 2.99. The normalized spacial score (nSPS) is 15.4. The summed E-state index contributed by atoms with van der Waals surface area (Å²) in [6.07, 6.45) is -0.151. The van der Waals surface area contributed by atoms with E-state index in [0.29, 0.717) is 0 Å². The Balaban J connectivity index is 2.26. The van der Waals surface area contributed by atoms with Crippen molar-refractivity contribution < 1.29 is 29.0 Å². The second-order valence-corrected chi connectivity index (χ2v) is 4.40. The predicted octanol–water partition coefficient (Wildman–Crippen LogP) is -0.297. The van der Waals surface area contributed by atoms with Gasteiger partial charge in [0.2, 0.25) is 11.8 Å². The molecule has 1 saturated heterocycles. The average Bonchev–Trinajstić information content (AvgIpc) is 2.43. The number of esters is 1. The Bertz CT molecular complexity index is 620. The summed E-state index contributed by atoms with van der Waals surface area (Å²) in [7, 11) is 1.21. The van der Waals surface area contributed by atoms with Gasteiger partial charge < -0.3 is 9.84 Å². The minimum atomic E-state index is -1.17. The van der Waals surface area contributed by atoms with E-state index in [1.807, 2.05) is 10.6 Å². The molecule has 1 aromatic carbocycles. The largest absolute Gasteiger partial charge is 0.508 e. The smallest absolute Gasteiger partial charge is 0.337 e. The highest BCUT2D eigenvalue weighted by molar-refractivity contribution is 6.16. The van der Waals surface area contributed by atoms with Crippen molar-refractivity contribution in [3.8, 4) is 5.75 Å². The molecule has 21 heavy (non-hydrogen) atoms. The molecule has 110 valence electrons. The Labute approximate surface area is 119 Å². The number of nitrogens with one attached hydrogen (secondary N) is 2. The zero-order valence-corrected chi connectivity index (χ0v) is 11.0. The summed E-state index contributed by atoms with van der Waals surface area (Å²) in [5.41, 5.74) is 0.403. The maximum absolute atomic E-state index is 11.6. The van der Waals surface area contributed by atoms with Crippen molar-refractivity contribution in [2.75, 3.05) is 7.11 Å². The van der Waals surface area contributed by atoms with Crippen LogP contribution in [0.4, 0.5) is 4.79 Å². The van der Waals surface area contributed by atoms with Gasteiger partial charge in [-0.25, -0.2) is 9.59 Å². The number of urea groups is 1. The summed E-state index contributed by atoms with van der Waals surface area (Å²) in [5, 5.41) is 13.7. The minimum absolute atomic E-state index is 0.151. The number of ether oxygens (including phenoxy) is 1. The summed E-state index contributed by atoms with van der Waals surface area (Å²) in [5.74, 6) is -3.45. The molecule has 0 atom stereocenters. The molecule has 1 fully saturated rings. The zero-order valence-electron chi connectivity index (χ0n) is 11.0. The van der Waals surface area contributed by atoms with E-state index in [9.17, 15) is 24.3 Å². The van der Waals surface area contributed by atoms with Crippen molar-refractivity contribution in [3.05, 3.63) is 29.3 Å². The van der Waals surface area contributed by atoms with Crippen LogP contribution in [0.1, 0.15) is 15.9 Å². The van der Waals surface area contributed by atoms with Gasteiger partial charge in [0, 0.05) is 0 Å². The Kier molecular flexibility index (Phi) is 3.88. The summed E-state index contributed by atoms with van der Waals surface area (Å²) in [6.45, 7) is 0. The molecule has 3 N–H and O–H groups in total. The number of barbiturate groups is 1. The van der Waals surface area contributed by atoms with Gasteiger partial charge in [-0.15, -0.1) is 0 Å². The van der Waals surface area contributed by atoms with Gasteiger partial charge in [-0.2, -0.15) is 0 Å². The number of aromatic hydroxyl groups is 1. The second kappa shape index (κ2) is 5.61. The van der Waals surface area contributed by atoms with E-state index in [1.54, 1.807) is 0 Å². The molecule has 1 aromatic rings. The number of phenols is 1. The molecule has 0 aliphatic carbocycles. The standard InChI is InChI=1S/C13H12N2O6/c1-21-12(19)6-2-3-9(16)7(4-6)5-8-10(17)14-13(20)15-11(8)18/h2-4,8,16H,5H2,1H3,(H2,14,15,17,18,20). The first-order chi connectivity index (χ1) is 9.92. The van der Waals surface area contributed by atoms with Crippen molar-refractivity contribution >= 4 is 23.8 Å². The molecule has 0 radical (unpaired) electrons. The number of hydrogen-bond donors (Lipinski definition) is 3. The zero-order chi connectivity index (χ0) is 15.6. The van der Waals surface area contributed by atoms with E-state index in [-0.39, 0.29) is 23.3 Å². The van der Waals surface area contributed by atoms with E-state index >= 15 is 0 Å². The molecule has 1 heterocycles. The average molecular weight is 292 g/mol. The van der Waals surface area contributed by atoms with E-state index in [1.165, 1.54) is 25.3 Å². The molecular weight excluding hydrogens is 280 g/mol. The van der Waals surface area contributed by atoms with Crippen LogP contribution in [0.25, 0.3) is 0 Å². The molecule has 0 saturated carbocycles. The number of methoxy groups -OCH3 is 1. The second-order valence-electron chi connectivity index (χ2n) is 4.40. The molecule has 8 nitrogen and oxygen atoms in total. The van der Waals surface area contributed by atoms with Crippen LogP contribution in [0.3, 0.4) is 0 Å². The van der Waals surface area contributed by atoms with E-state index in [0.717, 1.165) is 0 Å². The van der Waals surface area contributed by atoms with Gasteiger partial charge in [0.1, 0.15) is 11.7 Å². The van der Waals surface area contributed by atoms with Gasteiger partial charge >= 0.3 is 12.0 Å². The Morgan fingerprint density at radius 1 is 1.24 bits per heavy atom. The number of imide groups is 2. The van der Waals surface area contributed by atoms with Crippen molar-refractivity contribution in [1.82, 2.24) is 10.6 Å². The lowest BCUT2D eigenvalue weighted by Gasteiger charge is -2.21. The van der Waals surface area contributed by atoms with Gasteiger partial charge in [0.05, 0.1) is 12.7 Å². The van der Waals surface area contributed by atoms with Crippen LogP contribution in [-0.4, -0.2) is 36.0 Å². The highest BCUT2D eigenvalue weighted by atomic mass is 16.5. The number of amides is 4. The lowest BCUT2D eigenvalue weighted by Crippen LogP contribution is -2.56.